The summed E-state index contributed by atoms with van der Waals surface area (Å²) in [6.45, 7) is 4.75. The molecule has 2 amide bonds. The third-order valence-electron chi connectivity index (χ3n) is 7.58. The van der Waals surface area contributed by atoms with Gasteiger partial charge in [-0.25, -0.2) is 18.3 Å². The van der Waals surface area contributed by atoms with Crippen LogP contribution in [0.15, 0.2) is 53.7 Å². The maximum Gasteiger partial charge on any atom is 0.261 e. The normalized spacial score (nSPS) is 20.7. The van der Waals surface area contributed by atoms with Crippen LogP contribution in [0.5, 0.6) is 0 Å². The van der Waals surface area contributed by atoms with Gasteiger partial charge in [0.25, 0.3) is 15.9 Å². The number of halogens is 2. The number of aromatic nitrogens is 2. The van der Waals surface area contributed by atoms with E-state index in [2.05, 4.69) is 16.4 Å². The molecule has 0 bridgehead atoms. The molecule has 11 nitrogen and oxygen atoms in total. The van der Waals surface area contributed by atoms with Crippen molar-refractivity contribution in [1.82, 2.24) is 19.2 Å². The molecule has 5 rings (SSSR count). The number of benzene rings is 2. The molecule has 0 aliphatic carbocycles. The molecule has 1 aromatic heterocycles. The Hall–Kier alpha value is -3.47. The van der Waals surface area contributed by atoms with Gasteiger partial charge in [0, 0.05) is 29.6 Å². The summed E-state index contributed by atoms with van der Waals surface area (Å²) in [4.78, 5) is 33.0. The van der Waals surface area contributed by atoms with Gasteiger partial charge in [0.2, 0.25) is 11.9 Å². The number of nitrogens with zero attached hydrogens (tertiary/aromatic N) is 5. The molecule has 0 radical (unpaired) electrons. The number of hydrogen-bond acceptors (Lipinski definition) is 7. The monoisotopic (exact) mass is 644 g/mol. The molecular weight excluding hydrogens is 615 g/mol. The molecule has 0 unspecified atom stereocenters. The first kappa shape index (κ1) is 31.0. The van der Waals surface area contributed by atoms with Gasteiger partial charge < -0.3 is 10.4 Å². The van der Waals surface area contributed by atoms with Crippen molar-refractivity contribution < 1.29 is 23.1 Å². The zero-order valence-corrected chi connectivity index (χ0v) is 26.0. The number of carbonyl (C=O) groups is 2. The highest BCUT2D eigenvalue weighted by Gasteiger charge is 2.53. The summed E-state index contributed by atoms with van der Waals surface area (Å²) in [5.74, 6) is -0.924. The maximum absolute atomic E-state index is 14.3. The van der Waals surface area contributed by atoms with E-state index in [1.54, 1.807) is 31.2 Å². The van der Waals surface area contributed by atoms with Gasteiger partial charge in [-0.15, -0.1) is 0 Å². The molecule has 226 valence electrons. The van der Waals surface area contributed by atoms with Crippen LogP contribution in [0.1, 0.15) is 44.7 Å². The number of imidazole rings is 1. The van der Waals surface area contributed by atoms with E-state index in [9.17, 15) is 28.4 Å². The second-order valence-corrected chi connectivity index (χ2v) is 14.3. The summed E-state index contributed by atoms with van der Waals surface area (Å²) >= 11 is 12.5. The molecule has 1 saturated heterocycles. The van der Waals surface area contributed by atoms with E-state index in [0.717, 1.165) is 4.31 Å². The lowest BCUT2D eigenvalue weighted by Gasteiger charge is -2.29. The second kappa shape index (κ2) is 11.2. The van der Waals surface area contributed by atoms with Crippen molar-refractivity contribution in [1.29, 1.82) is 5.26 Å². The molecule has 0 saturated carbocycles. The van der Waals surface area contributed by atoms with Crippen LogP contribution in [-0.4, -0.2) is 63.9 Å². The SMILES string of the molecule is CC(C)(O)CNC(=O)[C@@H]1CCCN1S(=O)(=O)c1cnc2n1[C@](C)(Cc1ccc(C#N)cc1)C(=O)N2c1cc(Cl)cc(Cl)c1. The maximum atomic E-state index is 14.3. The van der Waals surface area contributed by atoms with Crippen molar-refractivity contribution in [2.45, 2.75) is 62.2 Å². The van der Waals surface area contributed by atoms with E-state index in [0.29, 0.717) is 29.7 Å². The Balaban J connectivity index is 1.61. The van der Waals surface area contributed by atoms with Gasteiger partial charge in [-0.3, -0.25) is 14.2 Å². The standard InChI is InChI=1S/C29H30Cl2N6O5S/c1-28(2,40)17-34-25(38)23-5-4-10-35(23)43(41,42)24-16-33-27-36(22-12-20(30)11-21(31)13-22)26(39)29(3,37(24)27)14-18-6-8-19(15-32)9-7-18/h6-9,11-13,16,23,40H,4-5,10,14,17H2,1-3H3,(H,34,38)/t23-,29+/m0/s1. The average molecular weight is 646 g/mol. The fourth-order valence-electron chi connectivity index (χ4n) is 5.54. The van der Waals surface area contributed by atoms with Crippen LogP contribution in [0, 0.1) is 11.3 Å². The highest BCUT2D eigenvalue weighted by atomic mass is 35.5. The van der Waals surface area contributed by atoms with Crippen LogP contribution in [-0.2, 0) is 31.6 Å². The molecule has 3 aromatic rings. The highest BCUT2D eigenvalue weighted by molar-refractivity contribution is 7.89. The molecule has 3 heterocycles. The highest BCUT2D eigenvalue weighted by Crippen LogP contribution is 2.45. The number of nitrogens with one attached hydrogen (secondary N) is 1. The second-order valence-electron chi connectivity index (χ2n) is 11.6. The van der Waals surface area contributed by atoms with E-state index in [1.807, 2.05) is 0 Å². The summed E-state index contributed by atoms with van der Waals surface area (Å²) in [7, 11) is -4.35. The molecule has 14 heteroatoms. The predicted octanol–water partition coefficient (Wildman–Crippen LogP) is 3.74. The first-order chi connectivity index (χ1) is 20.2. The van der Waals surface area contributed by atoms with Gasteiger partial charge in [-0.1, -0.05) is 35.3 Å². The minimum absolute atomic E-state index is 0.0490. The topological polar surface area (TPSA) is 149 Å². The molecule has 2 atom stereocenters. The Morgan fingerprint density at radius 3 is 2.47 bits per heavy atom. The fraction of sp³-hybridized carbons (Fsp3) is 0.379. The van der Waals surface area contributed by atoms with Gasteiger partial charge in [0.15, 0.2) is 5.03 Å². The minimum Gasteiger partial charge on any atom is -0.389 e. The fourth-order valence-corrected chi connectivity index (χ4v) is 7.90. The van der Waals surface area contributed by atoms with Crippen LogP contribution in [0.4, 0.5) is 11.6 Å². The zero-order valence-electron chi connectivity index (χ0n) is 23.7. The van der Waals surface area contributed by atoms with Gasteiger partial charge in [-0.2, -0.15) is 9.57 Å². The minimum atomic E-state index is -4.35. The molecule has 0 spiro atoms. The van der Waals surface area contributed by atoms with E-state index in [4.69, 9.17) is 23.2 Å². The number of carbonyl (C=O) groups excluding carboxylic acids is 2. The third-order valence-corrected chi connectivity index (χ3v) is 9.89. The van der Waals surface area contributed by atoms with Gasteiger partial charge >= 0.3 is 0 Å². The predicted molar refractivity (Wildman–Crippen MR) is 161 cm³/mol. The number of anilines is 2. The summed E-state index contributed by atoms with van der Waals surface area (Å²) in [5.41, 5.74) is -1.21. The zero-order chi connectivity index (χ0) is 31.3. The lowest BCUT2D eigenvalue weighted by atomic mass is 9.91. The largest absolute Gasteiger partial charge is 0.389 e. The Morgan fingerprint density at radius 1 is 1.21 bits per heavy atom. The number of hydrogen-bond donors (Lipinski definition) is 2. The van der Waals surface area contributed by atoms with E-state index < -0.39 is 39.0 Å². The lowest BCUT2D eigenvalue weighted by Crippen LogP contribution is -2.49. The smallest absolute Gasteiger partial charge is 0.261 e. The molecular formula is C29H30Cl2N6O5S. The third kappa shape index (κ3) is 5.75. The Bertz CT molecular complexity index is 1730. The molecule has 2 aromatic carbocycles. The summed E-state index contributed by atoms with van der Waals surface area (Å²) in [5, 5.41) is 22.2. The van der Waals surface area contributed by atoms with Crippen LogP contribution in [0.3, 0.4) is 0 Å². The van der Waals surface area contributed by atoms with E-state index >= 15 is 0 Å². The summed E-state index contributed by atoms with van der Waals surface area (Å²) in [6, 6.07) is 12.3. The molecule has 2 N–H and O–H groups in total. The van der Waals surface area contributed by atoms with Crippen molar-refractivity contribution in [2.75, 3.05) is 18.0 Å². The van der Waals surface area contributed by atoms with Gasteiger partial charge in [0.1, 0.15) is 11.6 Å². The summed E-state index contributed by atoms with van der Waals surface area (Å²) in [6.07, 6.45) is 2.02. The average Bonchev–Trinajstić information content (AvgIpc) is 3.64. The van der Waals surface area contributed by atoms with Crippen LogP contribution < -0.4 is 10.2 Å². The van der Waals surface area contributed by atoms with Crippen LogP contribution >= 0.6 is 23.2 Å². The van der Waals surface area contributed by atoms with Crippen molar-refractivity contribution in [3.8, 4) is 6.07 Å². The van der Waals surface area contributed by atoms with E-state index in [1.165, 1.54) is 47.7 Å². The summed E-state index contributed by atoms with van der Waals surface area (Å²) < 4.78 is 31.1. The van der Waals surface area contributed by atoms with Crippen molar-refractivity contribution >= 4 is 56.7 Å². The number of aliphatic hydroxyl groups is 1. The molecule has 43 heavy (non-hydrogen) atoms. The number of amides is 2. The number of rotatable bonds is 8. The molecule has 2 aliphatic heterocycles. The lowest BCUT2D eigenvalue weighted by molar-refractivity contribution is -0.125. The van der Waals surface area contributed by atoms with Crippen molar-refractivity contribution in [3.63, 3.8) is 0 Å². The number of nitriles is 1. The van der Waals surface area contributed by atoms with Gasteiger partial charge in [0.05, 0.1) is 29.1 Å². The quantitative estimate of drug-likeness (QED) is 0.379. The Kier molecular flexibility index (Phi) is 8.09. The Labute approximate surface area is 259 Å². The van der Waals surface area contributed by atoms with Crippen LogP contribution in [0.2, 0.25) is 10.0 Å². The van der Waals surface area contributed by atoms with Gasteiger partial charge in [-0.05, 0) is 69.5 Å². The number of fused-ring (bicyclic) bond motifs is 1. The van der Waals surface area contributed by atoms with Crippen molar-refractivity contribution in [2.24, 2.45) is 0 Å². The molecule has 1 fully saturated rings. The Morgan fingerprint density at radius 2 is 1.86 bits per heavy atom. The molecule has 2 aliphatic rings. The van der Waals surface area contributed by atoms with Crippen molar-refractivity contribution in [3.05, 3.63) is 69.8 Å². The first-order valence-corrected chi connectivity index (χ1v) is 15.8. The number of sulfonamides is 1. The van der Waals surface area contributed by atoms with Crippen LogP contribution in [0.25, 0.3) is 0 Å². The first-order valence-electron chi connectivity index (χ1n) is 13.6. The van der Waals surface area contributed by atoms with E-state index in [-0.39, 0.29) is 40.5 Å².